The number of aliphatic imine (C=N–C) groups is 1. The Hall–Kier alpha value is -2.22. The molecule has 8 heteroatoms. The summed E-state index contributed by atoms with van der Waals surface area (Å²) < 4.78 is 0. The van der Waals surface area contributed by atoms with Gasteiger partial charge >= 0.3 is 0 Å². The highest BCUT2D eigenvalue weighted by atomic mass is 32.1. The van der Waals surface area contributed by atoms with E-state index in [1.165, 1.54) is 9.91 Å². The van der Waals surface area contributed by atoms with Crippen LogP contribution in [0, 0.1) is 30.6 Å². The maximum Gasteiger partial charge on any atom is 0.233 e. The Kier molecular flexibility index (Phi) is 5.99. The average Bonchev–Trinajstić information content (AvgIpc) is 3.47. The first-order chi connectivity index (χ1) is 14.1. The number of aromatic nitrogens is 1. The number of allylic oxidation sites excluding steroid dienone is 2. The van der Waals surface area contributed by atoms with E-state index in [2.05, 4.69) is 38.1 Å². The van der Waals surface area contributed by atoms with Crippen LogP contribution in [0.3, 0.4) is 0 Å². The van der Waals surface area contributed by atoms with E-state index >= 15 is 0 Å². The molecule has 0 radical (unpaired) electrons. The lowest BCUT2D eigenvalue weighted by atomic mass is 9.85. The Bertz CT molecular complexity index is 803. The molecule has 2 bridgehead atoms. The molecule has 2 heterocycles. The first-order valence-electron chi connectivity index (χ1n) is 10.5. The van der Waals surface area contributed by atoms with Gasteiger partial charge in [-0.25, -0.2) is 4.98 Å². The fourth-order valence-electron chi connectivity index (χ4n) is 4.82. The molecule has 1 aromatic heterocycles. The Morgan fingerprint density at radius 3 is 2.48 bits per heavy atom. The largest absolute Gasteiger partial charge is 0.356 e. The summed E-state index contributed by atoms with van der Waals surface area (Å²) in [7, 11) is 1.73. The van der Waals surface area contributed by atoms with E-state index < -0.39 is 0 Å². The first kappa shape index (κ1) is 20.1. The van der Waals surface area contributed by atoms with Gasteiger partial charge in [0.25, 0.3) is 0 Å². The number of fused-ring (bicyclic) bond motifs is 5. The number of imide groups is 1. The van der Waals surface area contributed by atoms with Crippen LogP contribution in [-0.2, 0) is 16.0 Å². The minimum atomic E-state index is -0.114. The molecule has 2 aliphatic carbocycles. The van der Waals surface area contributed by atoms with Gasteiger partial charge in [0.1, 0.15) is 0 Å². The molecule has 1 aliphatic heterocycles. The van der Waals surface area contributed by atoms with Crippen LogP contribution in [0.1, 0.15) is 30.0 Å². The molecule has 7 nitrogen and oxygen atoms in total. The number of hydrogen-bond donors (Lipinski definition) is 2. The molecule has 4 rings (SSSR count). The maximum atomic E-state index is 12.7. The van der Waals surface area contributed by atoms with E-state index in [9.17, 15) is 9.59 Å². The van der Waals surface area contributed by atoms with Gasteiger partial charge in [0.15, 0.2) is 5.96 Å². The molecule has 3 aliphatic rings. The SMILES string of the molecule is CN=C(NCCCCc1nc(C)cs1)NCCN1C(=O)C2C3C=CC(C3)C2C1=O. The second kappa shape index (κ2) is 8.65. The van der Waals surface area contributed by atoms with Crippen molar-refractivity contribution >= 4 is 29.1 Å². The summed E-state index contributed by atoms with van der Waals surface area (Å²) in [5.74, 6) is 1.03. The third-order valence-corrected chi connectivity index (χ3v) is 7.22. The molecule has 1 saturated carbocycles. The smallest absolute Gasteiger partial charge is 0.233 e. The van der Waals surface area contributed by atoms with Crippen molar-refractivity contribution in [2.45, 2.75) is 32.6 Å². The highest BCUT2D eigenvalue weighted by Gasteiger charge is 2.58. The lowest BCUT2D eigenvalue weighted by molar-refractivity contribution is -0.140. The van der Waals surface area contributed by atoms with Gasteiger partial charge in [0.05, 0.1) is 16.8 Å². The minimum absolute atomic E-state index is 0.0130. The molecule has 29 heavy (non-hydrogen) atoms. The standard InChI is InChI=1S/C21H29N5O2S/c1-13-12-29-16(25-13)5-3-4-8-23-21(22-2)24-9-10-26-19(27)17-14-6-7-15(11-14)18(17)20(26)28/h6-7,12,14-15,17-18H,3-5,8-11H2,1-2H3,(H2,22,23,24). The predicted molar refractivity (Wildman–Crippen MR) is 114 cm³/mol. The molecule has 2 fully saturated rings. The van der Waals surface area contributed by atoms with Gasteiger partial charge in [0, 0.05) is 37.8 Å². The molecule has 4 atom stereocenters. The van der Waals surface area contributed by atoms with Crippen molar-refractivity contribution in [3.8, 4) is 0 Å². The zero-order valence-corrected chi connectivity index (χ0v) is 17.9. The summed E-state index contributed by atoms with van der Waals surface area (Å²) in [5.41, 5.74) is 1.09. The number of nitrogens with zero attached hydrogens (tertiary/aromatic N) is 3. The quantitative estimate of drug-likeness (QED) is 0.222. The van der Waals surface area contributed by atoms with Crippen LogP contribution in [0.5, 0.6) is 0 Å². The Morgan fingerprint density at radius 2 is 1.86 bits per heavy atom. The molecule has 2 N–H and O–H groups in total. The second-order valence-corrected chi connectivity index (χ2v) is 9.04. The number of guanidine groups is 1. The van der Waals surface area contributed by atoms with Crippen LogP contribution in [0.15, 0.2) is 22.5 Å². The molecular weight excluding hydrogens is 386 g/mol. The van der Waals surface area contributed by atoms with Gasteiger partial charge in [-0.15, -0.1) is 11.3 Å². The number of aryl methyl sites for hydroxylation is 2. The second-order valence-electron chi connectivity index (χ2n) is 8.09. The Morgan fingerprint density at radius 1 is 1.17 bits per heavy atom. The molecule has 1 aromatic rings. The van der Waals surface area contributed by atoms with Gasteiger partial charge in [-0.1, -0.05) is 12.2 Å². The predicted octanol–water partition coefficient (Wildman–Crippen LogP) is 1.75. The molecule has 156 valence electrons. The van der Waals surface area contributed by atoms with Gasteiger partial charge in [-0.3, -0.25) is 19.5 Å². The fourth-order valence-corrected chi connectivity index (χ4v) is 5.63. The van der Waals surface area contributed by atoms with Crippen LogP contribution < -0.4 is 10.6 Å². The van der Waals surface area contributed by atoms with Crippen LogP contribution >= 0.6 is 11.3 Å². The van der Waals surface area contributed by atoms with Crippen LogP contribution in [0.2, 0.25) is 0 Å². The van der Waals surface area contributed by atoms with Crippen molar-refractivity contribution in [2.24, 2.45) is 28.7 Å². The summed E-state index contributed by atoms with van der Waals surface area (Å²) in [4.78, 5) is 35.5. The normalized spacial score (nSPS) is 27.8. The number of hydrogen-bond acceptors (Lipinski definition) is 5. The highest BCUT2D eigenvalue weighted by molar-refractivity contribution is 7.09. The van der Waals surface area contributed by atoms with Crippen LogP contribution in [-0.4, -0.2) is 54.3 Å². The fraction of sp³-hybridized carbons (Fsp3) is 0.619. The molecule has 1 saturated heterocycles. The number of carbonyl (C=O) groups is 2. The number of amides is 2. The summed E-state index contributed by atoms with van der Waals surface area (Å²) in [6.45, 7) is 3.75. The number of nitrogens with one attached hydrogen (secondary N) is 2. The van der Waals surface area contributed by atoms with Gasteiger partial charge in [0.2, 0.25) is 11.8 Å². The van der Waals surface area contributed by atoms with Crippen molar-refractivity contribution in [3.05, 3.63) is 28.2 Å². The van der Waals surface area contributed by atoms with Crippen molar-refractivity contribution in [1.29, 1.82) is 0 Å². The van der Waals surface area contributed by atoms with E-state index in [1.807, 2.05) is 6.92 Å². The number of likely N-dealkylation sites (tertiary alicyclic amines) is 1. The molecular formula is C21H29N5O2S. The lowest BCUT2D eigenvalue weighted by Gasteiger charge is -2.18. The van der Waals surface area contributed by atoms with E-state index in [-0.39, 0.29) is 35.5 Å². The third-order valence-electron chi connectivity index (χ3n) is 6.19. The minimum Gasteiger partial charge on any atom is -0.356 e. The Balaban J connectivity index is 1.15. The maximum absolute atomic E-state index is 12.7. The summed E-state index contributed by atoms with van der Waals surface area (Å²) in [6.07, 6.45) is 8.33. The van der Waals surface area contributed by atoms with Crippen LogP contribution in [0.4, 0.5) is 0 Å². The average molecular weight is 416 g/mol. The zero-order chi connectivity index (χ0) is 20.4. The summed E-state index contributed by atoms with van der Waals surface area (Å²) in [5, 5.41) is 9.80. The molecule has 4 unspecified atom stereocenters. The Labute approximate surface area is 175 Å². The van der Waals surface area contributed by atoms with Crippen molar-refractivity contribution in [2.75, 3.05) is 26.7 Å². The number of carbonyl (C=O) groups excluding carboxylic acids is 2. The van der Waals surface area contributed by atoms with Gasteiger partial charge < -0.3 is 10.6 Å². The topological polar surface area (TPSA) is 86.7 Å². The van der Waals surface area contributed by atoms with Crippen molar-refractivity contribution in [1.82, 2.24) is 20.5 Å². The van der Waals surface area contributed by atoms with Crippen LogP contribution in [0.25, 0.3) is 0 Å². The first-order valence-corrected chi connectivity index (χ1v) is 11.4. The summed E-state index contributed by atoms with van der Waals surface area (Å²) >= 11 is 1.72. The number of unbranched alkanes of at least 4 members (excludes halogenated alkanes) is 1. The van der Waals surface area contributed by atoms with Gasteiger partial charge in [-0.05, 0) is 44.4 Å². The molecule has 0 aromatic carbocycles. The zero-order valence-electron chi connectivity index (χ0n) is 17.1. The molecule has 0 spiro atoms. The van der Waals surface area contributed by atoms with Crippen molar-refractivity contribution < 1.29 is 9.59 Å². The molecule has 2 amide bonds. The van der Waals surface area contributed by atoms with Crippen molar-refractivity contribution in [3.63, 3.8) is 0 Å². The van der Waals surface area contributed by atoms with E-state index in [0.717, 1.165) is 37.9 Å². The number of rotatable bonds is 8. The van der Waals surface area contributed by atoms with E-state index in [4.69, 9.17) is 0 Å². The third kappa shape index (κ3) is 4.08. The number of thiazole rings is 1. The van der Waals surface area contributed by atoms with Gasteiger partial charge in [-0.2, -0.15) is 0 Å². The highest BCUT2D eigenvalue weighted by Crippen LogP contribution is 2.52. The summed E-state index contributed by atoms with van der Waals surface area (Å²) in [6, 6.07) is 0. The van der Waals surface area contributed by atoms with E-state index in [1.54, 1.807) is 18.4 Å². The van der Waals surface area contributed by atoms with E-state index in [0.29, 0.717) is 19.0 Å². The monoisotopic (exact) mass is 415 g/mol. The lowest BCUT2D eigenvalue weighted by Crippen LogP contribution is -2.43.